The van der Waals surface area contributed by atoms with Gasteiger partial charge < -0.3 is 23.4 Å². The minimum Gasteiger partial charge on any atom is -0.462 e. The molecule has 1 amide bonds. The number of aromatic nitrogens is 2. The summed E-state index contributed by atoms with van der Waals surface area (Å²) in [6.45, 7) is 5.33. The van der Waals surface area contributed by atoms with E-state index < -0.39 is 0 Å². The van der Waals surface area contributed by atoms with E-state index in [9.17, 15) is 4.79 Å². The molecule has 0 atom stereocenters. The van der Waals surface area contributed by atoms with Crippen molar-refractivity contribution < 1.29 is 18.7 Å². The van der Waals surface area contributed by atoms with E-state index in [2.05, 4.69) is 28.8 Å². The van der Waals surface area contributed by atoms with Crippen LogP contribution in [0.15, 0.2) is 71.1 Å². The number of hydrogen-bond donors (Lipinski definition) is 0. The summed E-state index contributed by atoms with van der Waals surface area (Å²) in [5.41, 5.74) is 3.25. The Morgan fingerprint density at radius 1 is 0.972 bits per heavy atom. The molecule has 2 aromatic carbocycles. The van der Waals surface area contributed by atoms with Crippen LogP contribution in [0.25, 0.3) is 11.0 Å². The van der Waals surface area contributed by atoms with Crippen molar-refractivity contribution in [2.45, 2.75) is 45.9 Å². The zero-order valence-corrected chi connectivity index (χ0v) is 20.8. The standard InChI is InChI=1S/C29H33N3O4/c1-2-35-29(33)31-16-14-22(15-17-31)18-28-30-26-10-6-7-11-27(26)32(28)19-24-12-13-25(36-24)21-34-20-23-8-4-3-5-9-23/h3-13,22H,2,14-21H2,1H3. The Bertz CT molecular complexity index is 1270. The van der Waals surface area contributed by atoms with Crippen LogP contribution in [-0.4, -0.2) is 40.2 Å². The third-order valence-electron chi connectivity index (χ3n) is 6.73. The number of para-hydroxylation sites is 2. The summed E-state index contributed by atoms with van der Waals surface area (Å²) < 4.78 is 19.4. The van der Waals surface area contributed by atoms with Gasteiger partial charge in [0.25, 0.3) is 0 Å². The van der Waals surface area contributed by atoms with Crippen LogP contribution in [0.4, 0.5) is 4.79 Å². The summed E-state index contributed by atoms with van der Waals surface area (Å²) in [5, 5.41) is 0. The van der Waals surface area contributed by atoms with Crippen molar-refractivity contribution in [1.82, 2.24) is 14.5 Å². The van der Waals surface area contributed by atoms with Gasteiger partial charge in [0.2, 0.25) is 0 Å². The van der Waals surface area contributed by atoms with Crippen LogP contribution in [-0.2, 0) is 35.7 Å². The van der Waals surface area contributed by atoms with Gasteiger partial charge in [-0.15, -0.1) is 0 Å². The van der Waals surface area contributed by atoms with E-state index in [1.165, 1.54) is 0 Å². The summed E-state index contributed by atoms with van der Waals surface area (Å²) in [4.78, 5) is 18.8. The van der Waals surface area contributed by atoms with Gasteiger partial charge in [-0.05, 0) is 55.5 Å². The van der Waals surface area contributed by atoms with Gasteiger partial charge in [-0.25, -0.2) is 9.78 Å². The molecule has 4 aromatic rings. The number of ether oxygens (including phenoxy) is 2. The molecule has 0 radical (unpaired) electrons. The normalized spacial score (nSPS) is 14.4. The number of hydrogen-bond acceptors (Lipinski definition) is 5. The predicted molar refractivity (Wildman–Crippen MR) is 138 cm³/mol. The number of carbonyl (C=O) groups excluding carboxylic acids is 1. The molecule has 3 heterocycles. The molecule has 0 spiro atoms. The molecule has 0 N–H and O–H groups in total. The second kappa shape index (κ2) is 11.4. The molecule has 188 valence electrons. The average molecular weight is 488 g/mol. The minimum atomic E-state index is -0.204. The molecule has 0 aliphatic carbocycles. The van der Waals surface area contributed by atoms with E-state index in [-0.39, 0.29) is 6.09 Å². The highest BCUT2D eigenvalue weighted by Crippen LogP contribution is 2.26. The first-order chi connectivity index (χ1) is 17.7. The van der Waals surface area contributed by atoms with E-state index in [4.69, 9.17) is 18.9 Å². The van der Waals surface area contributed by atoms with E-state index >= 15 is 0 Å². The number of piperidine rings is 1. The highest BCUT2D eigenvalue weighted by Gasteiger charge is 2.25. The van der Waals surface area contributed by atoms with Gasteiger partial charge in [-0.2, -0.15) is 0 Å². The van der Waals surface area contributed by atoms with E-state index in [1.54, 1.807) is 0 Å². The summed E-state index contributed by atoms with van der Waals surface area (Å²) >= 11 is 0. The molecule has 0 bridgehead atoms. The average Bonchev–Trinajstić information content (AvgIpc) is 3.50. The van der Waals surface area contributed by atoms with Crippen LogP contribution in [0.5, 0.6) is 0 Å². The van der Waals surface area contributed by atoms with Crippen molar-refractivity contribution in [1.29, 1.82) is 0 Å². The van der Waals surface area contributed by atoms with Gasteiger partial charge in [0.15, 0.2) is 0 Å². The minimum absolute atomic E-state index is 0.204. The van der Waals surface area contributed by atoms with Crippen LogP contribution < -0.4 is 0 Å². The van der Waals surface area contributed by atoms with Crippen molar-refractivity contribution in [3.8, 4) is 0 Å². The van der Waals surface area contributed by atoms with Crippen molar-refractivity contribution >= 4 is 17.1 Å². The highest BCUT2D eigenvalue weighted by atomic mass is 16.6. The van der Waals surface area contributed by atoms with Crippen LogP contribution in [0.2, 0.25) is 0 Å². The van der Waals surface area contributed by atoms with Crippen molar-refractivity contribution in [3.63, 3.8) is 0 Å². The topological polar surface area (TPSA) is 69.7 Å². The molecular weight excluding hydrogens is 454 g/mol. The molecule has 1 aliphatic heterocycles. The second-order valence-corrected chi connectivity index (χ2v) is 9.28. The highest BCUT2D eigenvalue weighted by molar-refractivity contribution is 5.76. The Balaban J connectivity index is 1.24. The van der Waals surface area contributed by atoms with Crippen molar-refractivity contribution in [2.75, 3.05) is 19.7 Å². The van der Waals surface area contributed by atoms with Crippen LogP contribution in [0, 0.1) is 5.92 Å². The van der Waals surface area contributed by atoms with Gasteiger partial charge >= 0.3 is 6.09 Å². The number of rotatable bonds is 9. The monoisotopic (exact) mass is 487 g/mol. The summed E-state index contributed by atoms with van der Waals surface area (Å²) in [6.07, 6.45) is 2.57. The lowest BCUT2D eigenvalue weighted by molar-refractivity contribution is 0.0914. The van der Waals surface area contributed by atoms with E-state index in [0.717, 1.165) is 66.3 Å². The fourth-order valence-corrected chi connectivity index (χ4v) is 4.83. The molecule has 1 aliphatic rings. The molecule has 0 unspecified atom stereocenters. The molecular formula is C29H33N3O4. The number of nitrogens with zero attached hydrogens (tertiary/aromatic N) is 3. The van der Waals surface area contributed by atoms with Gasteiger partial charge in [-0.1, -0.05) is 42.5 Å². The van der Waals surface area contributed by atoms with E-state index in [0.29, 0.717) is 32.3 Å². The van der Waals surface area contributed by atoms with Crippen LogP contribution in [0.3, 0.4) is 0 Å². The quantitative estimate of drug-likeness (QED) is 0.298. The maximum absolute atomic E-state index is 12.0. The van der Waals surface area contributed by atoms with E-state index in [1.807, 2.05) is 54.3 Å². The summed E-state index contributed by atoms with van der Waals surface area (Å²) in [5.74, 6) is 3.24. The van der Waals surface area contributed by atoms with Crippen LogP contribution >= 0.6 is 0 Å². The molecule has 1 saturated heterocycles. The second-order valence-electron chi connectivity index (χ2n) is 9.28. The lowest BCUT2D eigenvalue weighted by Crippen LogP contribution is -2.39. The summed E-state index contributed by atoms with van der Waals surface area (Å²) in [7, 11) is 0. The Kier molecular flexibility index (Phi) is 7.67. The fourth-order valence-electron chi connectivity index (χ4n) is 4.83. The number of amides is 1. The van der Waals surface area contributed by atoms with Gasteiger partial charge in [0.05, 0.1) is 30.8 Å². The lowest BCUT2D eigenvalue weighted by Gasteiger charge is -2.31. The first kappa shape index (κ1) is 24.1. The van der Waals surface area contributed by atoms with Crippen molar-refractivity contribution in [3.05, 3.63) is 89.6 Å². The largest absolute Gasteiger partial charge is 0.462 e. The number of benzene rings is 2. The molecule has 1 fully saturated rings. The summed E-state index contributed by atoms with van der Waals surface area (Å²) in [6, 6.07) is 22.4. The van der Waals surface area contributed by atoms with Gasteiger partial charge in [-0.3, -0.25) is 0 Å². The Hall–Kier alpha value is -3.58. The SMILES string of the molecule is CCOC(=O)N1CCC(Cc2nc3ccccc3n2Cc2ccc(COCc3ccccc3)o2)CC1. The maximum atomic E-state index is 12.0. The number of carbonyl (C=O) groups is 1. The predicted octanol–water partition coefficient (Wildman–Crippen LogP) is 5.81. The molecule has 5 rings (SSSR count). The zero-order chi connectivity index (χ0) is 24.7. The lowest BCUT2D eigenvalue weighted by atomic mass is 9.93. The van der Waals surface area contributed by atoms with Crippen molar-refractivity contribution in [2.24, 2.45) is 5.92 Å². The molecule has 7 nitrogen and oxygen atoms in total. The number of furan rings is 1. The fraction of sp³-hybridized carbons (Fsp3) is 0.379. The number of likely N-dealkylation sites (tertiary alicyclic amines) is 1. The zero-order valence-electron chi connectivity index (χ0n) is 20.8. The smallest absolute Gasteiger partial charge is 0.409 e. The maximum Gasteiger partial charge on any atom is 0.409 e. The van der Waals surface area contributed by atoms with Gasteiger partial charge in [0, 0.05) is 19.5 Å². The third-order valence-corrected chi connectivity index (χ3v) is 6.73. The van der Waals surface area contributed by atoms with Crippen LogP contribution in [0.1, 0.15) is 42.7 Å². The Morgan fingerprint density at radius 3 is 2.53 bits per heavy atom. The first-order valence-corrected chi connectivity index (χ1v) is 12.7. The molecule has 0 saturated carbocycles. The Labute approximate surface area is 211 Å². The Morgan fingerprint density at radius 2 is 1.72 bits per heavy atom. The molecule has 7 heteroatoms. The molecule has 36 heavy (non-hydrogen) atoms. The number of imidazole rings is 1. The molecule has 2 aromatic heterocycles. The number of fused-ring (bicyclic) bond motifs is 1. The third kappa shape index (κ3) is 5.79. The van der Waals surface area contributed by atoms with Gasteiger partial charge in [0.1, 0.15) is 24.0 Å². The first-order valence-electron chi connectivity index (χ1n) is 12.7.